The standard InChI is InChI=1S/C27H29NO4/c1-17-9-22(27-14-18-10-19(15-27)12-20(11-18)16-27)5-6-24(17)32-8-7-25(29)28-23-4-2-3-21(13-23)26(30)31/h2-9,13,18-20H,10-12,14-16H2,1H3,(H,28,29)(H,30,31)/b8-7+. The smallest absolute Gasteiger partial charge is 0.335 e. The van der Waals surface area contributed by atoms with Gasteiger partial charge in [-0.2, -0.15) is 0 Å². The van der Waals surface area contributed by atoms with Crippen LogP contribution in [0.2, 0.25) is 0 Å². The number of benzene rings is 2. The number of carboxylic acid groups (broad SMARTS) is 1. The molecule has 0 saturated heterocycles. The normalized spacial score (nSPS) is 28.1. The van der Waals surface area contributed by atoms with Gasteiger partial charge in [-0.25, -0.2) is 4.79 Å². The average molecular weight is 432 g/mol. The number of anilines is 1. The second-order valence-corrected chi connectivity index (χ2v) is 9.97. The average Bonchev–Trinajstić information content (AvgIpc) is 2.74. The van der Waals surface area contributed by atoms with Gasteiger partial charge in [-0.05, 0) is 104 Å². The molecule has 4 bridgehead atoms. The number of nitrogens with one attached hydrogen (secondary N) is 1. The second-order valence-electron chi connectivity index (χ2n) is 9.97. The number of hydrogen-bond acceptors (Lipinski definition) is 3. The van der Waals surface area contributed by atoms with Crippen molar-refractivity contribution in [3.63, 3.8) is 0 Å². The molecule has 5 nitrogen and oxygen atoms in total. The number of aromatic carboxylic acids is 1. The minimum absolute atomic E-state index is 0.123. The van der Waals surface area contributed by atoms with E-state index in [-0.39, 0.29) is 11.5 Å². The van der Waals surface area contributed by atoms with E-state index >= 15 is 0 Å². The highest BCUT2D eigenvalue weighted by Crippen LogP contribution is 2.60. The molecule has 0 aliphatic heterocycles. The highest BCUT2D eigenvalue weighted by Gasteiger charge is 2.51. The molecule has 0 spiro atoms. The van der Waals surface area contributed by atoms with E-state index in [4.69, 9.17) is 9.84 Å². The molecule has 2 aromatic rings. The fourth-order valence-corrected chi connectivity index (χ4v) is 6.66. The van der Waals surface area contributed by atoms with Gasteiger partial charge in [0.25, 0.3) is 5.91 Å². The molecule has 0 aromatic heterocycles. The van der Waals surface area contributed by atoms with Crippen LogP contribution in [-0.4, -0.2) is 17.0 Å². The molecule has 2 aromatic carbocycles. The lowest BCUT2D eigenvalue weighted by Crippen LogP contribution is -2.48. The first-order valence-corrected chi connectivity index (χ1v) is 11.5. The molecule has 0 atom stereocenters. The zero-order valence-electron chi connectivity index (χ0n) is 18.3. The number of carbonyl (C=O) groups excluding carboxylic acids is 1. The van der Waals surface area contributed by atoms with Crippen LogP contribution >= 0.6 is 0 Å². The van der Waals surface area contributed by atoms with Crippen LogP contribution < -0.4 is 10.1 Å². The quantitative estimate of drug-likeness (QED) is 0.455. The van der Waals surface area contributed by atoms with Crippen LogP contribution in [0.3, 0.4) is 0 Å². The summed E-state index contributed by atoms with van der Waals surface area (Å²) in [4.78, 5) is 23.2. The van der Waals surface area contributed by atoms with Gasteiger partial charge in [0.2, 0.25) is 0 Å². The maximum atomic E-state index is 12.2. The van der Waals surface area contributed by atoms with Gasteiger partial charge in [-0.1, -0.05) is 18.2 Å². The van der Waals surface area contributed by atoms with Gasteiger partial charge in [0.1, 0.15) is 5.75 Å². The maximum absolute atomic E-state index is 12.2. The van der Waals surface area contributed by atoms with E-state index < -0.39 is 5.97 Å². The van der Waals surface area contributed by atoms with Crippen LogP contribution in [0.25, 0.3) is 0 Å². The van der Waals surface area contributed by atoms with Crippen LogP contribution in [0.4, 0.5) is 5.69 Å². The molecule has 1 amide bonds. The molecule has 0 heterocycles. The highest BCUT2D eigenvalue weighted by atomic mass is 16.5. The number of aryl methyl sites for hydroxylation is 1. The summed E-state index contributed by atoms with van der Waals surface area (Å²) in [5, 5.41) is 11.7. The SMILES string of the molecule is Cc1cc(C23CC4CC(CC(C4)C2)C3)ccc1O/C=C/C(=O)Nc1cccc(C(=O)O)c1. The predicted molar refractivity (Wildman–Crippen MR) is 123 cm³/mol. The Balaban J connectivity index is 1.23. The van der Waals surface area contributed by atoms with Gasteiger partial charge in [0.15, 0.2) is 0 Å². The molecule has 5 heteroatoms. The summed E-state index contributed by atoms with van der Waals surface area (Å²) in [6, 6.07) is 12.7. The Morgan fingerprint density at radius 3 is 2.34 bits per heavy atom. The topological polar surface area (TPSA) is 75.6 Å². The predicted octanol–water partition coefficient (Wildman–Crippen LogP) is 5.69. The van der Waals surface area contributed by atoms with Gasteiger partial charge >= 0.3 is 5.97 Å². The van der Waals surface area contributed by atoms with Crippen molar-refractivity contribution in [2.45, 2.75) is 50.9 Å². The van der Waals surface area contributed by atoms with Gasteiger partial charge in [0, 0.05) is 11.8 Å². The van der Waals surface area contributed by atoms with Crippen molar-refractivity contribution in [2.24, 2.45) is 17.8 Å². The number of rotatable bonds is 6. The Morgan fingerprint density at radius 2 is 1.72 bits per heavy atom. The van der Waals surface area contributed by atoms with Crippen molar-refractivity contribution in [1.82, 2.24) is 0 Å². The largest absolute Gasteiger partial charge is 0.478 e. The Bertz CT molecular complexity index is 1050. The second kappa shape index (κ2) is 8.12. The van der Waals surface area contributed by atoms with Crippen LogP contribution in [0, 0.1) is 24.7 Å². The highest BCUT2D eigenvalue weighted by molar-refractivity contribution is 6.00. The fraction of sp³-hybridized carbons (Fsp3) is 0.407. The zero-order chi connectivity index (χ0) is 22.3. The Labute approximate surface area is 188 Å². The molecule has 0 unspecified atom stereocenters. The zero-order valence-corrected chi connectivity index (χ0v) is 18.3. The van der Waals surface area contributed by atoms with Crippen molar-refractivity contribution < 1.29 is 19.4 Å². The minimum Gasteiger partial charge on any atom is -0.478 e. The Kier molecular flexibility index (Phi) is 5.28. The third-order valence-corrected chi connectivity index (χ3v) is 7.62. The summed E-state index contributed by atoms with van der Waals surface area (Å²) in [5.41, 5.74) is 3.45. The Hall–Kier alpha value is -3.08. The van der Waals surface area contributed by atoms with Crippen LogP contribution in [0.5, 0.6) is 5.75 Å². The number of amides is 1. The van der Waals surface area contributed by atoms with Crippen molar-refractivity contribution in [1.29, 1.82) is 0 Å². The molecule has 6 rings (SSSR count). The van der Waals surface area contributed by atoms with Crippen molar-refractivity contribution in [3.8, 4) is 5.75 Å². The van der Waals surface area contributed by atoms with E-state index in [0.29, 0.717) is 11.1 Å². The van der Waals surface area contributed by atoms with E-state index in [1.54, 1.807) is 12.1 Å². The van der Waals surface area contributed by atoms with E-state index in [1.165, 1.54) is 68.6 Å². The third kappa shape index (κ3) is 4.04. The summed E-state index contributed by atoms with van der Waals surface area (Å²) in [6.07, 6.45) is 11.0. The Morgan fingerprint density at radius 1 is 1.03 bits per heavy atom. The number of carboxylic acids is 1. The van der Waals surface area contributed by atoms with E-state index in [2.05, 4.69) is 24.4 Å². The number of hydrogen-bond donors (Lipinski definition) is 2. The first-order valence-electron chi connectivity index (χ1n) is 11.5. The minimum atomic E-state index is -1.03. The number of ether oxygens (including phenoxy) is 1. The molecule has 4 aliphatic rings. The molecule has 32 heavy (non-hydrogen) atoms. The van der Waals surface area contributed by atoms with Crippen LogP contribution in [0.15, 0.2) is 54.8 Å². The summed E-state index contributed by atoms with van der Waals surface area (Å²) in [6.45, 7) is 2.06. The molecular formula is C27H29NO4. The van der Waals surface area contributed by atoms with Gasteiger partial charge in [-0.15, -0.1) is 0 Å². The van der Waals surface area contributed by atoms with Gasteiger partial charge in [0.05, 0.1) is 11.8 Å². The summed E-state index contributed by atoms with van der Waals surface area (Å²) >= 11 is 0. The molecule has 0 radical (unpaired) electrons. The van der Waals surface area contributed by atoms with E-state index in [9.17, 15) is 9.59 Å². The fourth-order valence-electron chi connectivity index (χ4n) is 6.66. The summed E-state index contributed by atoms with van der Waals surface area (Å²) in [7, 11) is 0. The summed E-state index contributed by atoms with van der Waals surface area (Å²) < 4.78 is 5.75. The van der Waals surface area contributed by atoms with Crippen molar-refractivity contribution >= 4 is 17.6 Å². The van der Waals surface area contributed by atoms with Crippen LogP contribution in [-0.2, 0) is 10.2 Å². The van der Waals surface area contributed by atoms with Crippen LogP contribution in [0.1, 0.15) is 60.0 Å². The third-order valence-electron chi connectivity index (χ3n) is 7.62. The van der Waals surface area contributed by atoms with Crippen molar-refractivity contribution in [3.05, 3.63) is 71.5 Å². The molecular weight excluding hydrogens is 402 g/mol. The monoisotopic (exact) mass is 431 g/mol. The van der Waals surface area contributed by atoms with Crippen molar-refractivity contribution in [2.75, 3.05) is 5.32 Å². The molecule has 4 saturated carbocycles. The lowest BCUT2D eigenvalue weighted by atomic mass is 9.48. The van der Waals surface area contributed by atoms with E-state index in [0.717, 1.165) is 29.1 Å². The summed E-state index contributed by atoms with van der Waals surface area (Å²) in [5.74, 6) is 2.07. The number of carbonyl (C=O) groups is 2. The first kappa shape index (κ1) is 20.8. The maximum Gasteiger partial charge on any atom is 0.335 e. The van der Waals surface area contributed by atoms with Gasteiger partial charge < -0.3 is 15.2 Å². The van der Waals surface area contributed by atoms with E-state index in [1.807, 2.05) is 6.07 Å². The van der Waals surface area contributed by atoms with Gasteiger partial charge in [-0.3, -0.25) is 4.79 Å². The molecule has 4 fully saturated rings. The lowest BCUT2D eigenvalue weighted by molar-refractivity contribution is -0.112. The molecule has 2 N–H and O–H groups in total. The molecule has 166 valence electrons. The lowest BCUT2D eigenvalue weighted by Gasteiger charge is -2.57. The first-order chi connectivity index (χ1) is 15.4. The molecule has 4 aliphatic carbocycles.